The van der Waals surface area contributed by atoms with E-state index in [0.29, 0.717) is 29.3 Å². The van der Waals surface area contributed by atoms with Gasteiger partial charge in [0.2, 0.25) is 0 Å². The molecule has 0 bridgehead atoms. The van der Waals surface area contributed by atoms with Crippen LogP contribution in [-0.4, -0.2) is 34.7 Å². The molecule has 1 aromatic carbocycles. The summed E-state index contributed by atoms with van der Waals surface area (Å²) in [5, 5.41) is 9.02. The molecule has 0 saturated carbocycles. The lowest BCUT2D eigenvalue weighted by Gasteiger charge is -2.07. The first-order valence-corrected chi connectivity index (χ1v) is 10.2. The molecule has 0 spiro atoms. The number of hydrogen-bond acceptors (Lipinski definition) is 5. The topological polar surface area (TPSA) is 64.8 Å². The molecule has 3 rings (SSSR count). The van der Waals surface area contributed by atoms with Crippen molar-refractivity contribution in [1.82, 2.24) is 14.8 Å². The lowest BCUT2D eigenvalue weighted by atomic mass is 10.1. The van der Waals surface area contributed by atoms with Crippen LogP contribution in [0.4, 0.5) is 4.39 Å². The molecule has 124 valence electrons. The average Bonchev–Trinajstić information content (AvgIpc) is 3.02. The molecule has 1 aliphatic heterocycles. The molecule has 5 nitrogen and oxygen atoms in total. The molecule has 1 atom stereocenters. The number of rotatable bonds is 5. The first-order chi connectivity index (χ1) is 10.9. The van der Waals surface area contributed by atoms with Crippen molar-refractivity contribution in [2.24, 2.45) is 13.0 Å². The van der Waals surface area contributed by atoms with Crippen molar-refractivity contribution in [3.8, 4) is 0 Å². The molecular formula is C15H18FN3O2S2. The Morgan fingerprint density at radius 1 is 1.35 bits per heavy atom. The number of aromatic nitrogens is 3. The van der Waals surface area contributed by atoms with Gasteiger partial charge in [-0.1, -0.05) is 30.0 Å². The quantitative estimate of drug-likeness (QED) is 0.770. The summed E-state index contributed by atoms with van der Waals surface area (Å²) in [6.45, 7) is 0. The fraction of sp³-hybridized carbons (Fsp3) is 0.467. The van der Waals surface area contributed by atoms with E-state index < -0.39 is 9.84 Å². The Kier molecular flexibility index (Phi) is 4.72. The maximum absolute atomic E-state index is 13.6. The maximum Gasteiger partial charge on any atom is 0.191 e. The smallest absolute Gasteiger partial charge is 0.191 e. The molecule has 23 heavy (non-hydrogen) atoms. The average molecular weight is 355 g/mol. The lowest BCUT2D eigenvalue weighted by Crippen LogP contribution is -2.11. The van der Waals surface area contributed by atoms with E-state index in [-0.39, 0.29) is 23.2 Å². The third-order valence-electron chi connectivity index (χ3n) is 4.04. The summed E-state index contributed by atoms with van der Waals surface area (Å²) < 4.78 is 38.6. The minimum absolute atomic E-state index is 0.118. The number of halogens is 1. The molecule has 1 aliphatic rings. The van der Waals surface area contributed by atoms with E-state index >= 15 is 0 Å². The second-order valence-electron chi connectivity index (χ2n) is 5.81. The van der Waals surface area contributed by atoms with Crippen molar-refractivity contribution in [2.45, 2.75) is 23.8 Å². The predicted octanol–water partition coefficient (Wildman–Crippen LogP) is 2.22. The number of thioether (sulfide) groups is 1. The Morgan fingerprint density at radius 2 is 2.13 bits per heavy atom. The number of sulfone groups is 1. The number of hydrogen-bond donors (Lipinski definition) is 0. The van der Waals surface area contributed by atoms with E-state index in [1.807, 2.05) is 17.7 Å². The first-order valence-electron chi connectivity index (χ1n) is 7.39. The van der Waals surface area contributed by atoms with Gasteiger partial charge in [-0.05, 0) is 24.0 Å². The Labute approximate surface area is 139 Å². The highest BCUT2D eigenvalue weighted by Gasteiger charge is 2.29. The van der Waals surface area contributed by atoms with Crippen LogP contribution in [0.3, 0.4) is 0 Å². The molecule has 1 unspecified atom stereocenters. The molecule has 0 radical (unpaired) electrons. The van der Waals surface area contributed by atoms with Gasteiger partial charge in [-0.2, -0.15) is 0 Å². The Morgan fingerprint density at radius 3 is 2.83 bits per heavy atom. The van der Waals surface area contributed by atoms with Gasteiger partial charge in [-0.15, -0.1) is 10.2 Å². The Hall–Kier alpha value is -1.41. The highest BCUT2D eigenvalue weighted by molar-refractivity contribution is 7.98. The fourth-order valence-electron chi connectivity index (χ4n) is 2.70. The molecule has 0 N–H and O–H groups in total. The largest absolute Gasteiger partial charge is 0.309 e. The predicted molar refractivity (Wildman–Crippen MR) is 87.4 cm³/mol. The van der Waals surface area contributed by atoms with Gasteiger partial charge in [0.05, 0.1) is 11.5 Å². The van der Waals surface area contributed by atoms with Gasteiger partial charge in [0.1, 0.15) is 11.6 Å². The van der Waals surface area contributed by atoms with Gasteiger partial charge in [0.15, 0.2) is 15.0 Å². The van der Waals surface area contributed by atoms with E-state index in [1.165, 1.54) is 17.8 Å². The molecular weight excluding hydrogens is 337 g/mol. The number of benzene rings is 1. The highest BCUT2D eigenvalue weighted by atomic mass is 32.2. The van der Waals surface area contributed by atoms with Gasteiger partial charge in [-0.3, -0.25) is 0 Å². The normalized spacial score (nSPS) is 20.0. The van der Waals surface area contributed by atoms with E-state index in [2.05, 4.69) is 10.2 Å². The molecule has 1 aromatic heterocycles. The lowest BCUT2D eigenvalue weighted by molar-refractivity contribution is 0.552. The zero-order chi connectivity index (χ0) is 16.4. The summed E-state index contributed by atoms with van der Waals surface area (Å²) in [4.78, 5) is 0. The second kappa shape index (κ2) is 6.60. The van der Waals surface area contributed by atoms with Crippen molar-refractivity contribution >= 4 is 21.6 Å². The molecule has 2 heterocycles. The van der Waals surface area contributed by atoms with Crippen LogP contribution in [-0.2, 0) is 29.1 Å². The molecule has 8 heteroatoms. The van der Waals surface area contributed by atoms with Crippen LogP contribution in [0.1, 0.15) is 17.8 Å². The van der Waals surface area contributed by atoms with Crippen LogP contribution in [0.15, 0.2) is 29.4 Å². The standard InChI is InChI=1S/C15H18FN3O2S2/c1-19-14(8-11-6-7-23(20,21)10-11)17-18-15(19)22-9-12-4-2-3-5-13(12)16/h2-5,11H,6-10H2,1H3. The minimum atomic E-state index is -2.88. The van der Waals surface area contributed by atoms with E-state index in [9.17, 15) is 12.8 Å². The van der Waals surface area contributed by atoms with Gasteiger partial charge in [0.25, 0.3) is 0 Å². The van der Waals surface area contributed by atoms with Gasteiger partial charge in [0, 0.05) is 19.2 Å². The first kappa shape index (κ1) is 16.4. The van der Waals surface area contributed by atoms with Crippen LogP contribution in [0, 0.1) is 11.7 Å². The van der Waals surface area contributed by atoms with Crippen LogP contribution >= 0.6 is 11.8 Å². The van der Waals surface area contributed by atoms with Crippen LogP contribution in [0.2, 0.25) is 0 Å². The molecule has 2 aromatic rings. The van der Waals surface area contributed by atoms with Gasteiger partial charge >= 0.3 is 0 Å². The van der Waals surface area contributed by atoms with Gasteiger partial charge < -0.3 is 4.57 Å². The summed E-state index contributed by atoms with van der Waals surface area (Å²) >= 11 is 1.42. The summed E-state index contributed by atoms with van der Waals surface area (Å²) in [5.74, 6) is 1.66. The maximum atomic E-state index is 13.6. The van der Waals surface area contributed by atoms with Crippen molar-refractivity contribution in [3.63, 3.8) is 0 Å². The van der Waals surface area contributed by atoms with Crippen molar-refractivity contribution < 1.29 is 12.8 Å². The van der Waals surface area contributed by atoms with E-state index in [1.54, 1.807) is 12.1 Å². The van der Waals surface area contributed by atoms with E-state index in [0.717, 1.165) is 5.82 Å². The monoisotopic (exact) mass is 355 g/mol. The Balaban J connectivity index is 1.64. The van der Waals surface area contributed by atoms with Gasteiger partial charge in [-0.25, -0.2) is 12.8 Å². The molecule has 1 fully saturated rings. The van der Waals surface area contributed by atoms with Crippen molar-refractivity contribution in [1.29, 1.82) is 0 Å². The van der Waals surface area contributed by atoms with Crippen LogP contribution in [0.25, 0.3) is 0 Å². The zero-order valence-electron chi connectivity index (χ0n) is 12.8. The van der Waals surface area contributed by atoms with Crippen LogP contribution in [0.5, 0.6) is 0 Å². The summed E-state index contributed by atoms with van der Waals surface area (Å²) in [6, 6.07) is 6.67. The SMILES string of the molecule is Cn1c(CC2CCS(=O)(=O)C2)nnc1SCc1ccccc1F. The van der Waals surface area contributed by atoms with E-state index in [4.69, 9.17) is 0 Å². The summed E-state index contributed by atoms with van der Waals surface area (Å²) in [7, 11) is -1.01. The molecule has 0 amide bonds. The number of nitrogens with zero attached hydrogens (tertiary/aromatic N) is 3. The summed E-state index contributed by atoms with van der Waals surface area (Å²) in [6.07, 6.45) is 1.30. The second-order valence-corrected chi connectivity index (χ2v) is 8.98. The summed E-state index contributed by atoms with van der Waals surface area (Å²) in [5.41, 5.74) is 0.629. The van der Waals surface area contributed by atoms with Crippen molar-refractivity contribution in [2.75, 3.05) is 11.5 Å². The molecule has 1 saturated heterocycles. The third-order valence-corrected chi connectivity index (χ3v) is 6.94. The molecule has 0 aliphatic carbocycles. The fourth-order valence-corrected chi connectivity index (χ4v) is 5.48. The zero-order valence-corrected chi connectivity index (χ0v) is 14.4. The minimum Gasteiger partial charge on any atom is -0.309 e. The highest BCUT2D eigenvalue weighted by Crippen LogP contribution is 2.25. The Bertz CT molecular complexity index is 805. The third kappa shape index (κ3) is 3.92. The van der Waals surface area contributed by atoms with Crippen LogP contribution < -0.4 is 0 Å². The van der Waals surface area contributed by atoms with Crippen molar-refractivity contribution in [3.05, 3.63) is 41.5 Å².